The maximum atomic E-state index is 12.4. The van der Waals surface area contributed by atoms with Crippen molar-refractivity contribution >= 4 is 34.9 Å². The summed E-state index contributed by atoms with van der Waals surface area (Å²) in [5, 5.41) is 13.4. The number of hydrogen-bond acceptors (Lipinski definition) is 6. The minimum Gasteiger partial charge on any atom is -0.350 e. The predicted molar refractivity (Wildman–Crippen MR) is 99.6 cm³/mol. The second-order valence-corrected chi connectivity index (χ2v) is 7.64. The molecule has 2 rings (SSSR count). The quantitative estimate of drug-likeness (QED) is 0.674. The van der Waals surface area contributed by atoms with E-state index >= 15 is 0 Å². The van der Waals surface area contributed by atoms with Gasteiger partial charge in [-0.15, -0.1) is 21.5 Å². The lowest BCUT2D eigenvalue weighted by molar-refractivity contribution is -0.133. The number of aromatic nitrogens is 3. The number of rotatable bonds is 9. The predicted octanol–water partition coefficient (Wildman–Crippen LogP) is 2.18. The Labute approximate surface area is 155 Å². The first-order valence-electron chi connectivity index (χ1n) is 8.10. The number of nitrogens with one attached hydrogen (secondary N) is 1. The fourth-order valence-corrected chi connectivity index (χ4v) is 3.70. The second kappa shape index (κ2) is 9.57. The largest absolute Gasteiger partial charge is 0.350 e. The summed E-state index contributed by atoms with van der Waals surface area (Å²) in [4.78, 5) is 27.1. The molecule has 0 aliphatic carbocycles. The van der Waals surface area contributed by atoms with Crippen molar-refractivity contribution in [3.05, 3.63) is 28.7 Å². The van der Waals surface area contributed by atoms with E-state index < -0.39 is 0 Å². The second-order valence-electron chi connectivity index (χ2n) is 5.67. The molecule has 0 saturated carbocycles. The highest BCUT2D eigenvalue weighted by atomic mass is 32.2. The molecule has 2 heterocycles. The summed E-state index contributed by atoms with van der Waals surface area (Å²) >= 11 is 2.93. The highest BCUT2D eigenvalue weighted by Gasteiger charge is 2.17. The van der Waals surface area contributed by atoms with E-state index in [1.807, 2.05) is 42.9 Å². The molecule has 0 aliphatic rings. The molecule has 2 aromatic rings. The van der Waals surface area contributed by atoms with Gasteiger partial charge >= 0.3 is 0 Å². The number of carbonyl (C=O) groups excluding carboxylic acids is 2. The third kappa shape index (κ3) is 5.86. The van der Waals surface area contributed by atoms with Crippen LogP contribution in [0.3, 0.4) is 0 Å². The van der Waals surface area contributed by atoms with Crippen molar-refractivity contribution in [2.24, 2.45) is 0 Å². The van der Waals surface area contributed by atoms with Gasteiger partial charge in [0.05, 0.1) is 18.8 Å². The molecule has 1 N–H and O–H groups in total. The average Bonchev–Trinajstić information content (AvgIpc) is 3.26. The van der Waals surface area contributed by atoms with E-state index in [9.17, 15) is 9.59 Å². The van der Waals surface area contributed by atoms with E-state index in [0.717, 1.165) is 4.88 Å². The molecular formula is C16H23N5O2S2. The fourth-order valence-electron chi connectivity index (χ4n) is 2.11. The van der Waals surface area contributed by atoms with Gasteiger partial charge in [0.25, 0.3) is 0 Å². The Morgan fingerprint density at radius 1 is 1.44 bits per heavy atom. The first-order chi connectivity index (χ1) is 12.0. The number of likely N-dealkylation sites (N-methyl/N-ethyl adjacent to an activating group) is 1. The van der Waals surface area contributed by atoms with Gasteiger partial charge < -0.3 is 14.8 Å². The summed E-state index contributed by atoms with van der Waals surface area (Å²) < 4.78 is 1.92. The van der Waals surface area contributed by atoms with Crippen molar-refractivity contribution in [1.82, 2.24) is 25.0 Å². The van der Waals surface area contributed by atoms with Gasteiger partial charge in [-0.1, -0.05) is 17.8 Å². The molecule has 0 fully saturated rings. The van der Waals surface area contributed by atoms with Gasteiger partial charge in [0.1, 0.15) is 6.33 Å². The van der Waals surface area contributed by atoms with Crippen LogP contribution in [0.15, 0.2) is 29.0 Å². The Kier molecular flexibility index (Phi) is 7.45. The third-order valence-corrected chi connectivity index (χ3v) is 5.35. The van der Waals surface area contributed by atoms with Crippen LogP contribution >= 0.6 is 23.1 Å². The molecule has 7 nitrogen and oxygen atoms in total. The van der Waals surface area contributed by atoms with Gasteiger partial charge in [-0.2, -0.15) is 0 Å². The Morgan fingerprint density at radius 2 is 2.24 bits per heavy atom. The lowest BCUT2D eigenvalue weighted by Gasteiger charge is -2.20. The van der Waals surface area contributed by atoms with Crippen LogP contribution in [-0.2, 0) is 16.1 Å². The molecule has 25 heavy (non-hydrogen) atoms. The van der Waals surface area contributed by atoms with E-state index in [4.69, 9.17) is 0 Å². The minimum absolute atomic E-state index is 0.0676. The van der Waals surface area contributed by atoms with Crippen molar-refractivity contribution in [2.45, 2.75) is 38.5 Å². The molecule has 2 aromatic heterocycles. The molecule has 0 aliphatic heterocycles. The smallest absolute Gasteiger partial charge is 0.239 e. The number of thioether (sulfide) groups is 1. The van der Waals surface area contributed by atoms with Crippen molar-refractivity contribution in [3.63, 3.8) is 0 Å². The van der Waals surface area contributed by atoms with Crippen LogP contribution in [0.1, 0.15) is 31.7 Å². The Balaban J connectivity index is 1.81. The van der Waals surface area contributed by atoms with Gasteiger partial charge in [-0.3, -0.25) is 9.59 Å². The van der Waals surface area contributed by atoms with Crippen LogP contribution in [0.25, 0.3) is 0 Å². The summed E-state index contributed by atoms with van der Waals surface area (Å²) in [5.74, 6) is -0.00620. The minimum atomic E-state index is -0.154. The van der Waals surface area contributed by atoms with Gasteiger partial charge in [-0.25, -0.2) is 0 Å². The van der Waals surface area contributed by atoms with E-state index in [-0.39, 0.29) is 30.2 Å². The molecule has 0 radical (unpaired) electrons. The van der Waals surface area contributed by atoms with Gasteiger partial charge in [-0.05, 0) is 32.2 Å². The van der Waals surface area contributed by atoms with E-state index in [1.54, 1.807) is 22.6 Å². The molecule has 9 heteroatoms. The highest BCUT2D eigenvalue weighted by molar-refractivity contribution is 7.99. The van der Waals surface area contributed by atoms with Crippen LogP contribution in [0.4, 0.5) is 0 Å². The van der Waals surface area contributed by atoms with Gasteiger partial charge in [0.2, 0.25) is 11.8 Å². The number of carbonyl (C=O) groups is 2. The Hall–Kier alpha value is -1.87. The Morgan fingerprint density at radius 3 is 2.88 bits per heavy atom. The lowest BCUT2D eigenvalue weighted by atomic mass is 10.4. The molecule has 136 valence electrons. The standard InChI is InChI=1S/C16H23N5O2S2/c1-4-20(9-14(22)17-8-13-6-5-7-24-13)15(23)10-25-16-19-18-11-21(16)12(2)3/h5-7,11-12H,4,8-10H2,1-3H3,(H,17,22). The maximum absolute atomic E-state index is 12.4. The fraction of sp³-hybridized carbons (Fsp3) is 0.500. The monoisotopic (exact) mass is 381 g/mol. The molecular weight excluding hydrogens is 358 g/mol. The molecule has 0 aromatic carbocycles. The van der Waals surface area contributed by atoms with Crippen molar-refractivity contribution in [3.8, 4) is 0 Å². The molecule has 0 atom stereocenters. The molecule has 2 amide bonds. The lowest BCUT2D eigenvalue weighted by Crippen LogP contribution is -2.41. The summed E-state index contributed by atoms with van der Waals surface area (Å²) in [6.07, 6.45) is 1.66. The topological polar surface area (TPSA) is 80.1 Å². The summed E-state index contributed by atoms with van der Waals surface area (Å²) in [7, 11) is 0. The van der Waals surface area contributed by atoms with E-state index in [0.29, 0.717) is 18.2 Å². The van der Waals surface area contributed by atoms with Crippen LogP contribution in [0.5, 0.6) is 0 Å². The maximum Gasteiger partial charge on any atom is 0.239 e. The van der Waals surface area contributed by atoms with Crippen LogP contribution in [0.2, 0.25) is 0 Å². The normalized spacial score (nSPS) is 10.9. The number of amides is 2. The SMILES string of the molecule is CCN(CC(=O)NCc1cccs1)C(=O)CSc1nncn1C(C)C. The van der Waals surface area contributed by atoms with Crippen LogP contribution in [0, 0.1) is 0 Å². The third-order valence-electron chi connectivity index (χ3n) is 3.53. The first kappa shape index (κ1) is 19.5. The molecule has 0 bridgehead atoms. The van der Waals surface area contributed by atoms with Crippen molar-refractivity contribution in [2.75, 3.05) is 18.8 Å². The number of nitrogens with zero attached hydrogens (tertiary/aromatic N) is 4. The summed E-state index contributed by atoms with van der Waals surface area (Å²) in [6.45, 7) is 6.98. The van der Waals surface area contributed by atoms with Crippen molar-refractivity contribution in [1.29, 1.82) is 0 Å². The Bertz CT molecular complexity index is 685. The van der Waals surface area contributed by atoms with Crippen LogP contribution in [-0.4, -0.2) is 50.3 Å². The first-order valence-corrected chi connectivity index (χ1v) is 9.97. The highest BCUT2D eigenvalue weighted by Crippen LogP contribution is 2.19. The van der Waals surface area contributed by atoms with Crippen LogP contribution < -0.4 is 5.32 Å². The number of thiophene rings is 1. The van der Waals surface area contributed by atoms with Gasteiger partial charge in [0.15, 0.2) is 5.16 Å². The van der Waals surface area contributed by atoms with Gasteiger partial charge in [0, 0.05) is 17.5 Å². The summed E-state index contributed by atoms with van der Waals surface area (Å²) in [6, 6.07) is 4.15. The van der Waals surface area contributed by atoms with Crippen molar-refractivity contribution < 1.29 is 9.59 Å². The zero-order valence-electron chi connectivity index (χ0n) is 14.6. The molecule has 0 unspecified atom stereocenters. The van der Waals surface area contributed by atoms with E-state index in [1.165, 1.54) is 11.8 Å². The summed E-state index contributed by atoms with van der Waals surface area (Å²) in [5.41, 5.74) is 0. The zero-order chi connectivity index (χ0) is 18.2. The zero-order valence-corrected chi connectivity index (χ0v) is 16.3. The van der Waals surface area contributed by atoms with E-state index in [2.05, 4.69) is 15.5 Å². The average molecular weight is 382 g/mol. The molecule has 0 saturated heterocycles. The molecule has 0 spiro atoms. The number of hydrogen-bond donors (Lipinski definition) is 1.